The molecule has 0 saturated carbocycles. The maximum absolute atomic E-state index is 5.91. The van der Waals surface area contributed by atoms with E-state index in [2.05, 4.69) is 12.1 Å². The summed E-state index contributed by atoms with van der Waals surface area (Å²) in [5.74, 6) is 0.982. The molecule has 0 radical (unpaired) electrons. The van der Waals surface area contributed by atoms with Gasteiger partial charge in [-0.05, 0) is 41.0 Å². The van der Waals surface area contributed by atoms with E-state index in [0.29, 0.717) is 6.54 Å². The lowest BCUT2D eigenvalue weighted by Gasteiger charge is -2.10. The van der Waals surface area contributed by atoms with Crippen LogP contribution < -0.4 is 10.5 Å². The summed E-state index contributed by atoms with van der Waals surface area (Å²) in [6.45, 7) is 1.26. The Balaban J connectivity index is 2.10. The van der Waals surface area contributed by atoms with Gasteiger partial charge in [-0.15, -0.1) is 0 Å². The van der Waals surface area contributed by atoms with Gasteiger partial charge in [-0.2, -0.15) is 0 Å². The largest absolute Gasteiger partial charge is 0.493 e. The van der Waals surface area contributed by atoms with Crippen molar-refractivity contribution in [2.75, 3.05) is 6.61 Å². The van der Waals surface area contributed by atoms with Crippen molar-refractivity contribution in [3.63, 3.8) is 0 Å². The van der Waals surface area contributed by atoms with E-state index in [1.54, 1.807) is 0 Å². The molecule has 1 aliphatic rings. The number of ether oxygens (including phenoxy) is 1. The minimum absolute atomic E-state index is 0.504. The Kier molecular flexibility index (Phi) is 2.98. The molecule has 2 N–H and O–H groups in total. The van der Waals surface area contributed by atoms with Gasteiger partial charge >= 0.3 is 0 Å². The fraction of sp³-hybridized carbons (Fsp3) is 0.200. The molecule has 2 aromatic carbocycles. The predicted molar refractivity (Wildman–Crippen MR) is 74.0 cm³/mol. The fourth-order valence-corrected chi connectivity index (χ4v) is 2.48. The normalized spacial score (nSPS) is 13.2. The molecule has 0 unspecified atom stereocenters. The molecule has 2 nitrogen and oxygen atoms in total. The highest BCUT2D eigenvalue weighted by Crippen LogP contribution is 2.34. The smallest absolute Gasteiger partial charge is 0.127 e. The third kappa shape index (κ3) is 1.98. The molecule has 0 fully saturated rings. The van der Waals surface area contributed by atoms with Crippen molar-refractivity contribution in [3.8, 4) is 16.9 Å². The molecular formula is C15H14ClNO. The minimum atomic E-state index is 0.504. The zero-order valence-electron chi connectivity index (χ0n) is 9.95. The van der Waals surface area contributed by atoms with Crippen LogP contribution in [0.4, 0.5) is 0 Å². The quantitative estimate of drug-likeness (QED) is 0.897. The highest BCUT2D eigenvalue weighted by molar-refractivity contribution is 6.30. The first-order valence-corrected chi connectivity index (χ1v) is 6.40. The molecule has 0 amide bonds. The van der Waals surface area contributed by atoms with E-state index in [1.807, 2.05) is 24.3 Å². The molecule has 0 spiro atoms. The van der Waals surface area contributed by atoms with E-state index < -0.39 is 0 Å². The molecule has 0 atom stereocenters. The van der Waals surface area contributed by atoms with Crippen LogP contribution in [-0.2, 0) is 13.0 Å². The maximum atomic E-state index is 5.91. The molecule has 3 rings (SSSR count). The van der Waals surface area contributed by atoms with E-state index in [1.165, 1.54) is 11.1 Å². The molecule has 18 heavy (non-hydrogen) atoms. The van der Waals surface area contributed by atoms with Crippen molar-refractivity contribution >= 4 is 11.6 Å². The minimum Gasteiger partial charge on any atom is -0.493 e. The lowest BCUT2D eigenvalue weighted by atomic mass is 9.98. The maximum Gasteiger partial charge on any atom is 0.127 e. The van der Waals surface area contributed by atoms with Crippen molar-refractivity contribution < 1.29 is 4.74 Å². The molecule has 1 heterocycles. The van der Waals surface area contributed by atoms with Crippen LogP contribution in [0.25, 0.3) is 11.1 Å². The first-order valence-electron chi connectivity index (χ1n) is 6.02. The van der Waals surface area contributed by atoms with Crippen LogP contribution in [0.5, 0.6) is 5.75 Å². The average Bonchev–Trinajstić information content (AvgIpc) is 2.86. The van der Waals surface area contributed by atoms with Gasteiger partial charge in [0, 0.05) is 23.6 Å². The van der Waals surface area contributed by atoms with Crippen molar-refractivity contribution in [2.45, 2.75) is 13.0 Å². The summed E-state index contributed by atoms with van der Waals surface area (Å²) < 4.78 is 5.63. The van der Waals surface area contributed by atoms with Gasteiger partial charge in [0.05, 0.1) is 6.61 Å². The van der Waals surface area contributed by atoms with Gasteiger partial charge in [0.1, 0.15) is 5.75 Å². The molecule has 0 bridgehead atoms. The van der Waals surface area contributed by atoms with Gasteiger partial charge in [-0.3, -0.25) is 0 Å². The van der Waals surface area contributed by atoms with E-state index in [4.69, 9.17) is 22.1 Å². The topological polar surface area (TPSA) is 35.2 Å². The van der Waals surface area contributed by atoms with Crippen molar-refractivity contribution in [1.29, 1.82) is 0 Å². The van der Waals surface area contributed by atoms with Gasteiger partial charge < -0.3 is 10.5 Å². The Morgan fingerprint density at radius 2 is 1.89 bits per heavy atom. The van der Waals surface area contributed by atoms with E-state index in [9.17, 15) is 0 Å². The first-order chi connectivity index (χ1) is 8.78. The van der Waals surface area contributed by atoms with Gasteiger partial charge in [-0.1, -0.05) is 23.7 Å². The second kappa shape index (κ2) is 4.63. The highest BCUT2D eigenvalue weighted by Gasteiger charge is 2.17. The summed E-state index contributed by atoms with van der Waals surface area (Å²) >= 11 is 5.91. The first kappa shape index (κ1) is 11.6. The number of nitrogens with two attached hydrogens (primary N) is 1. The van der Waals surface area contributed by atoms with Gasteiger partial charge in [0.25, 0.3) is 0 Å². The monoisotopic (exact) mass is 259 g/mol. The molecule has 0 aromatic heterocycles. The van der Waals surface area contributed by atoms with Crippen LogP contribution in [0.2, 0.25) is 5.02 Å². The average molecular weight is 260 g/mol. The lowest BCUT2D eigenvalue weighted by molar-refractivity contribution is 0.353. The number of hydrogen-bond donors (Lipinski definition) is 1. The van der Waals surface area contributed by atoms with Crippen LogP contribution in [0.15, 0.2) is 36.4 Å². The molecule has 92 valence electrons. The SMILES string of the molecule is NCc1cc(-c2ccc(Cl)cc2)cc2c1OCC2. The van der Waals surface area contributed by atoms with E-state index >= 15 is 0 Å². The summed E-state index contributed by atoms with van der Waals surface area (Å²) in [7, 11) is 0. The van der Waals surface area contributed by atoms with Gasteiger partial charge in [0.15, 0.2) is 0 Å². The third-order valence-electron chi connectivity index (χ3n) is 3.26. The Labute approximate surface area is 111 Å². The van der Waals surface area contributed by atoms with Crippen LogP contribution in [0.1, 0.15) is 11.1 Å². The van der Waals surface area contributed by atoms with Crippen molar-refractivity contribution in [2.24, 2.45) is 5.73 Å². The van der Waals surface area contributed by atoms with Gasteiger partial charge in [-0.25, -0.2) is 0 Å². The summed E-state index contributed by atoms with van der Waals surface area (Å²) in [6, 6.07) is 12.2. The zero-order valence-corrected chi connectivity index (χ0v) is 10.7. The lowest BCUT2D eigenvalue weighted by Crippen LogP contribution is -2.00. The fourth-order valence-electron chi connectivity index (χ4n) is 2.35. The highest BCUT2D eigenvalue weighted by atomic mass is 35.5. The van der Waals surface area contributed by atoms with Crippen LogP contribution in [-0.4, -0.2) is 6.61 Å². The molecule has 1 aliphatic heterocycles. The van der Waals surface area contributed by atoms with Crippen LogP contribution >= 0.6 is 11.6 Å². The summed E-state index contributed by atoms with van der Waals surface area (Å²) in [6.07, 6.45) is 0.962. The summed E-state index contributed by atoms with van der Waals surface area (Å²) in [5, 5.41) is 0.752. The molecular weight excluding hydrogens is 246 g/mol. The predicted octanol–water partition coefficient (Wildman–Crippen LogP) is 3.40. The Bertz CT molecular complexity index is 578. The number of halogens is 1. The summed E-state index contributed by atoms with van der Waals surface area (Å²) in [4.78, 5) is 0. The molecule has 0 aliphatic carbocycles. The van der Waals surface area contributed by atoms with E-state index in [-0.39, 0.29) is 0 Å². The molecule has 0 saturated heterocycles. The Morgan fingerprint density at radius 1 is 1.11 bits per heavy atom. The number of rotatable bonds is 2. The number of hydrogen-bond acceptors (Lipinski definition) is 2. The Hall–Kier alpha value is -1.51. The van der Waals surface area contributed by atoms with Gasteiger partial charge in [0.2, 0.25) is 0 Å². The molecule has 2 aromatic rings. The zero-order chi connectivity index (χ0) is 12.5. The second-order valence-corrected chi connectivity index (χ2v) is 4.87. The third-order valence-corrected chi connectivity index (χ3v) is 3.51. The summed E-state index contributed by atoms with van der Waals surface area (Å²) in [5.41, 5.74) is 10.5. The Morgan fingerprint density at radius 3 is 2.61 bits per heavy atom. The van der Waals surface area contributed by atoms with Crippen LogP contribution in [0.3, 0.4) is 0 Å². The number of benzene rings is 2. The second-order valence-electron chi connectivity index (χ2n) is 4.43. The van der Waals surface area contributed by atoms with Crippen LogP contribution in [0, 0.1) is 0 Å². The van der Waals surface area contributed by atoms with E-state index in [0.717, 1.165) is 34.9 Å². The van der Waals surface area contributed by atoms with Crippen molar-refractivity contribution in [3.05, 3.63) is 52.5 Å². The standard InChI is InChI=1S/C15H14ClNO/c16-14-3-1-10(2-4-14)12-7-11-5-6-18-15(11)13(8-12)9-17/h1-4,7-8H,5-6,9,17H2. The molecule has 3 heteroatoms. The van der Waals surface area contributed by atoms with Crippen molar-refractivity contribution in [1.82, 2.24) is 0 Å². The number of fused-ring (bicyclic) bond motifs is 1.